The van der Waals surface area contributed by atoms with Crippen molar-refractivity contribution in [2.45, 2.75) is 18.1 Å². The van der Waals surface area contributed by atoms with Gasteiger partial charge in [-0.25, -0.2) is 0 Å². The highest BCUT2D eigenvalue weighted by Gasteiger charge is 2.51. The Balaban J connectivity index is 2.19. The predicted molar refractivity (Wildman–Crippen MR) is 96.4 cm³/mol. The van der Waals surface area contributed by atoms with E-state index in [1.165, 1.54) is 4.90 Å². The highest BCUT2D eigenvalue weighted by Crippen LogP contribution is 2.48. The van der Waals surface area contributed by atoms with Crippen LogP contribution in [0.25, 0.3) is 0 Å². The normalized spacial score (nSPS) is 20.8. The number of fused-ring (bicyclic) bond motifs is 1. The van der Waals surface area contributed by atoms with Crippen LogP contribution in [0, 0.1) is 0 Å². The van der Waals surface area contributed by atoms with Gasteiger partial charge in [0.15, 0.2) is 5.72 Å². The third kappa shape index (κ3) is 2.44. The van der Waals surface area contributed by atoms with Crippen LogP contribution in [-0.4, -0.2) is 23.0 Å². The van der Waals surface area contributed by atoms with Crippen molar-refractivity contribution in [1.29, 1.82) is 0 Å². The largest absolute Gasteiger partial charge is 0.366 e. The summed E-state index contributed by atoms with van der Waals surface area (Å²) in [6, 6.07) is 12.4. The molecular formula is C19H17Cl2NO2. The second-order valence-corrected chi connectivity index (χ2v) is 6.70. The summed E-state index contributed by atoms with van der Waals surface area (Å²) in [4.78, 5) is 13.9. The molecular weight excluding hydrogens is 345 g/mol. The molecule has 0 saturated carbocycles. The first-order chi connectivity index (χ1) is 11.4. The van der Waals surface area contributed by atoms with E-state index in [0.29, 0.717) is 27.6 Å². The lowest BCUT2D eigenvalue weighted by molar-refractivity contribution is -0.0935. The topological polar surface area (TPSA) is 40.5 Å². The standard InChI is InChI=1S/C19H17Cl2NO2/c1-3-6-14(12-9-10-16(20)17(21)11-12)19(24)15-8-5-4-7-13(15)18(23)22(19)2/h3-5,7-11,14,24H,1,6H2,2H3. The number of benzene rings is 2. The molecule has 0 aliphatic carbocycles. The smallest absolute Gasteiger partial charge is 0.256 e. The molecule has 2 aromatic carbocycles. The number of amides is 1. The Labute approximate surface area is 151 Å². The van der Waals surface area contributed by atoms with Crippen molar-refractivity contribution >= 4 is 29.1 Å². The van der Waals surface area contributed by atoms with Crippen LogP contribution in [0.5, 0.6) is 0 Å². The van der Waals surface area contributed by atoms with Crippen molar-refractivity contribution in [3.8, 4) is 0 Å². The van der Waals surface area contributed by atoms with Gasteiger partial charge in [0.25, 0.3) is 5.91 Å². The van der Waals surface area contributed by atoms with Crippen molar-refractivity contribution in [3.63, 3.8) is 0 Å². The third-order valence-electron chi connectivity index (χ3n) is 4.60. The average Bonchev–Trinajstić information content (AvgIpc) is 2.78. The average molecular weight is 362 g/mol. The summed E-state index contributed by atoms with van der Waals surface area (Å²) in [6.07, 6.45) is 2.20. The first kappa shape index (κ1) is 17.0. The molecule has 3 nitrogen and oxygen atoms in total. The van der Waals surface area contributed by atoms with Crippen LogP contribution in [0.1, 0.15) is 33.8 Å². The Hall–Kier alpha value is -1.81. The van der Waals surface area contributed by atoms with E-state index in [0.717, 1.165) is 5.56 Å². The van der Waals surface area contributed by atoms with E-state index in [1.54, 1.807) is 43.5 Å². The Morgan fingerprint density at radius 1 is 1.25 bits per heavy atom. The number of halogens is 2. The third-order valence-corrected chi connectivity index (χ3v) is 5.34. The lowest BCUT2D eigenvalue weighted by Gasteiger charge is -2.39. The number of rotatable bonds is 4. The minimum absolute atomic E-state index is 0.206. The van der Waals surface area contributed by atoms with Crippen molar-refractivity contribution in [2.24, 2.45) is 0 Å². The molecule has 124 valence electrons. The van der Waals surface area contributed by atoms with Crippen LogP contribution in [0.15, 0.2) is 55.1 Å². The zero-order chi connectivity index (χ0) is 17.5. The summed E-state index contributed by atoms with van der Waals surface area (Å²) in [5, 5.41) is 12.4. The Bertz CT molecular complexity index is 821. The summed E-state index contributed by atoms with van der Waals surface area (Å²) in [5.74, 6) is -0.621. The van der Waals surface area contributed by atoms with Gasteiger partial charge in [-0.2, -0.15) is 0 Å². The van der Waals surface area contributed by atoms with E-state index >= 15 is 0 Å². The molecule has 1 heterocycles. The van der Waals surface area contributed by atoms with E-state index in [4.69, 9.17) is 23.2 Å². The maximum Gasteiger partial charge on any atom is 0.256 e. The molecule has 1 N–H and O–H groups in total. The van der Waals surface area contributed by atoms with E-state index in [9.17, 15) is 9.90 Å². The molecule has 0 fully saturated rings. The molecule has 0 aromatic heterocycles. The predicted octanol–water partition coefficient (Wildman–Crippen LogP) is 4.58. The van der Waals surface area contributed by atoms with Crippen LogP contribution in [0.4, 0.5) is 0 Å². The van der Waals surface area contributed by atoms with Gasteiger partial charge in [-0.3, -0.25) is 4.79 Å². The molecule has 1 aliphatic heterocycles. The first-order valence-corrected chi connectivity index (χ1v) is 8.32. The van der Waals surface area contributed by atoms with Crippen LogP contribution in [-0.2, 0) is 5.72 Å². The monoisotopic (exact) mass is 361 g/mol. The highest BCUT2D eigenvalue weighted by molar-refractivity contribution is 6.42. The van der Waals surface area contributed by atoms with Crippen molar-refractivity contribution < 1.29 is 9.90 Å². The molecule has 3 rings (SSSR count). The number of likely N-dealkylation sites (N-methyl/N-ethyl adjacent to an activating group) is 1. The number of nitrogens with zero attached hydrogens (tertiary/aromatic N) is 1. The minimum atomic E-state index is -1.47. The summed E-state index contributed by atoms with van der Waals surface area (Å²) in [6.45, 7) is 3.79. The van der Waals surface area contributed by atoms with Gasteiger partial charge in [0.05, 0.1) is 10.0 Å². The number of allylic oxidation sites excluding steroid dienone is 1. The first-order valence-electron chi connectivity index (χ1n) is 7.57. The second-order valence-electron chi connectivity index (χ2n) is 5.89. The van der Waals surface area contributed by atoms with Crippen LogP contribution >= 0.6 is 23.2 Å². The molecule has 1 aliphatic rings. The molecule has 2 aromatic rings. The number of aliphatic hydroxyl groups is 1. The number of carbonyl (C=O) groups excluding carboxylic acids is 1. The van der Waals surface area contributed by atoms with E-state index in [2.05, 4.69) is 6.58 Å². The number of carbonyl (C=O) groups is 1. The molecule has 0 radical (unpaired) electrons. The van der Waals surface area contributed by atoms with Gasteiger partial charge in [0.2, 0.25) is 0 Å². The van der Waals surface area contributed by atoms with Gasteiger partial charge < -0.3 is 10.0 Å². The molecule has 2 unspecified atom stereocenters. The van der Waals surface area contributed by atoms with Gasteiger partial charge in [0.1, 0.15) is 0 Å². The molecule has 0 bridgehead atoms. The van der Waals surface area contributed by atoms with Gasteiger partial charge in [-0.1, -0.05) is 53.5 Å². The van der Waals surface area contributed by atoms with E-state index in [-0.39, 0.29) is 5.91 Å². The summed E-state index contributed by atoms with van der Waals surface area (Å²) in [5.41, 5.74) is 0.425. The summed E-state index contributed by atoms with van der Waals surface area (Å²) < 4.78 is 0. The Kier molecular flexibility index (Phi) is 4.43. The van der Waals surface area contributed by atoms with E-state index in [1.807, 2.05) is 12.1 Å². The van der Waals surface area contributed by atoms with Gasteiger partial charge in [-0.15, -0.1) is 6.58 Å². The lowest BCUT2D eigenvalue weighted by Crippen LogP contribution is -2.45. The molecule has 0 spiro atoms. The fraction of sp³-hybridized carbons (Fsp3) is 0.211. The van der Waals surface area contributed by atoms with Crippen molar-refractivity contribution in [3.05, 3.63) is 81.9 Å². The van der Waals surface area contributed by atoms with Gasteiger partial charge in [0, 0.05) is 24.1 Å². The molecule has 24 heavy (non-hydrogen) atoms. The molecule has 0 saturated heterocycles. The second kappa shape index (κ2) is 6.25. The van der Waals surface area contributed by atoms with Crippen molar-refractivity contribution in [1.82, 2.24) is 4.90 Å². The zero-order valence-electron chi connectivity index (χ0n) is 13.2. The molecule has 1 amide bonds. The fourth-order valence-corrected chi connectivity index (χ4v) is 3.66. The maximum atomic E-state index is 12.6. The van der Waals surface area contributed by atoms with Crippen LogP contribution in [0.3, 0.4) is 0 Å². The van der Waals surface area contributed by atoms with Crippen molar-refractivity contribution in [2.75, 3.05) is 7.05 Å². The van der Waals surface area contributed by atoms with Gasteiger partial charge >= 0.3 is 0 Å². The quantitative estimate of drug-likeness (QED) is 0.809. The van der Waals surface area contributed by atoms with Gasteiger partial charge in [-0.05, 0) is 30.2 Å². The fourth-order valence-electron chi connectivity index (χ4n) is 3.36. The zero-order valence-corrected chi connectivity index (χ0v) is 14.7. The summed E-state index contributed by atoms with van der Waals surface area (Å²) in [7, 11) is 1.61. The van der Waals surface area contributed by atoms with Crippen LogP contribution < -0.4 is 0 Å². The summed E-state index contributed by atoms with van der Waals surface area (Å²) >= 11 is 12.2. The minimum Gasteiger partial charge on any atom is -0.366 e. The number of hydrogen-bond acceptors (Lipinski definition) is 2. The molecule has 5 heteroatoms. The van der Waals surface area contributed by atoms with Crippen LogP contribution in [0.2, 0.25) is 10.0 Å². The SMILES string of the molecule is C=CCC(c1ccc(Cl)c(Cl)c1)C1(O)c2ccccc2C(=O)N1C. The Morgan fingerprint density at radius 3 is 2.62 bits per heavy atom. The number of hydrogen-bond donors (Lipinski definition) is 1. The maximum absolute atomic E-state index is 12.6. The van der Waals surface area contributed by atoms with E-state index < -0.39 is 11.6 Å². The lowest BCUT2D eigenvalue weighted by atomic mass is 9.81. The highest BCUT2D eigenvalue weighted by atomic mass is 35.5. The molecule has 2 atom stereocenters. The Morgan fingerprint density at radius 2 is 1.96 bits per heavy atom.